The van der Waals surface area contributed by atoms with Crippen molar-refractivity contribution in [3.8, 4) is 0 Å². The quantitative estimate of drug-likeness (QED) is 0.733. The molecule has 0 aromatic rings. The second-order valence-corrected chi connectivity index (χ2v) is 4.89. The van der Waals surface area contributed by atoms with E-state index < -0.39 is 5.97 Å². The monoisotopic (exact) mass is 227 g/mol. The molecular formula is C13H25NO2. The molecule has 0 aliphatic heterocycles. The van der Waals surface area contributed by atoms with E-state index in [1.165, 1.54) is 19.3 Å². The number of carboxylic acid groups (broad SMARTS) is 1. The summed E-state index contributed by atoms with van der Waals surface area (Å²) < 4.78 is 0. The van der Waals surface area contributed by atoms with Crippen LogP contribution in [0.25, 0.3) is 0 Å². The Balaban J connectivity index is 2.55. The summed E-state index contributed by atoms with van der Waals surface area (Å²) in [6.07, 6.45) is 7.82. The SMILES string of the molecule is CCC(CC)NC(C(=O)O)C1CCCCC1. The predicted octanol–water partition coefficient (Wildman–Crippen LogP) is 2.80. The molecule has 0 radical (unpaired) electrons. The van der Waals surface area contributed by atoms with E-state index in [2.05, 4.69) is 19.2 Å². The number of carboxylic acids is 1. The number of aliphatic carboxylic acids is 1. The van der Waals surface area contributed by atoms with Gasteiger partial charge in [0.25, 0.3) is 0 Å². The largest absolute Gasteiger partial charge is 0.480 e. The van der Waals surface area contributed by atoms with E-state index in [4.69, 9.17) is 0 Å². The number of nitrogens with one attached hydrogen (secondary N) is 1. The van der Waals surface area contributed by atoms with Gasteiger partial charge in [-0.25, -0.2) is 0 Å². The highest BCUT2D eigenvalue weighted by atomic mass is 16.4. The van der Waals surface area contributed by atoms with Crippen molar-refractivity contribution in [1.29, 1.82) is 0 Å². The molecule has 0 saturated heterocycles. The molecule has 0 heterocycles. The molecule has 1 rings (SSSR count). The van der Waals surface area contributed by atoms with Crippen LogP contribution in [0.5, 0.6) is 0 Å². The molecule has 1 atom stereocenters. The Hall–Kier alpha value is -0.570. The van der Waals surface area contributed by atoms with Crippen molar-refractivity contribution in [2.24, 2.45) is 5.92 Å². The van der Waals surface area contributed by atoms with Gasteiger partial charge in [0.05, 0.1) is 0 Å². The lowest BCUT2D eigenvalue weighted by atomic mass is 9.83. The minimum absolute atomic E-state index is 0.329. The lowest BCUT2D eigenvalue weighted by Gasteiger charge is -2.30. The predicted molar refractivity (Wildman–Crippen MR) is 65.5 cm³/mol. The van der Waals surface area contributed by atoms with Crippen molar-refractivity contribution in [2.45, 2.75) is 70.9 Å². The standard InChI is InChI=1S/C13H25NO2/c1-3-11(4-2)14-12(13(15)16)10-8-6-5-7-9-10/h10-12,14H,3-9H2,1-2H3,(H,15,16). The molecular weight excluding hydrogens is 202 g/mol. The van der Waals surface area contributed by atoms with Gasteiger partial charge >= 0.3 is 5.97 Å². The van der Waals surface area contributed by atoms with E-state index >= 15 is 0 Å². The summed E-state index contributed by atoms with van der Waals surface area (Å²) in [5.41, 5.74) is 0. The van der Waals surface area contributed by atoms with E-state index in [1.807, 2.05) is 0 Å². The Morgan fingerprint density at radius 2 is 1.81 bits per heavy atom. The first kappa shape index (κ1) is 13.5. The zero-order valence-corrected chi connectivity index (χ0v) is 10.5. The Kier molecular flexibility index (Phi) is 5.81. The number of hydrogen-bond donors (Lipinski definition) is 2. The van der Waals surface area contributed by atoms with Gasteiger partial charge in [0, 0.05) is 6.04 Å². The zero-order chi connectivity index (χ0) is 12.0. The summed E-state index contributed by atoms with van der Waals surface area (Å²) in [7, 11) is 0. The molecule has 2 N–H and O–H groups in total. The summed E-state index contributed by atoms with van der Waals surface area (Å²) in [5, 5.41) is 12.6. The first-order valence-corrected chi connectivity index (χ1v) is 6.67. The van der Waals surface area contributed by atoms with E-state index in [9.17, 15) is 9.90 Å². The van der Waals surface area contributed by atoms with Crippen molar-refractivity contribution in [2.75, 3.05) is 0 Å². The molecule has 1 aliphatic carbocycles. The summed E-state index contributed by atoms with van der Waals surface area (Å²) in [4.78, 5) is 11.3. The number of hydrogen-bond acceptors (Lipinski definition) is 2. The smallest absolute Gasteiger partial charge is 0.320 e. The molecule has 1 saturated carbocycles. The fraction of sp³-hybridized carbons (Fsp3) is 0.923. The molecule has 1 aliphatic rings. The lowest BCUT2D eigenvalue weighted by Crippen LogP contribution is -2.48. The van der Waals surface area contributed by atoms with Crippen LogP contribution < -0.4 is 5.32 Å². The van der Waals surface area contributed by atoms with Gasteiger partial charge in [0.2, 0.25) is 0 Å². The molecule has 0 bridgehead atoms. The van der Waals surface area contributed by atoms with Gasteiger partial charge in [-0.2, -0.15) is 0 Å². The molecule has 3 nitrogen and oxygen atoms in total. The Morgan fingerprint density at radius 1 is 1.25 bits per heavy atom. The van der Waals surface area contributed by atoms with Crippen LogP contribution in [0.1, 0.15) is 58.8 Å². The molecule has 1 unspecified atom stereocenters. The fourth-order valence-corrected chi connectivity index (χ4v) is 2.65. The summed E-state index contributed by atoms with van der Waals surface area (Å²) >= 11 is 0. The van der Waals surface area contributed by atoms with Gasteiger partial charge in [-0.05, 0) is 31.6 Å². The van der Waals surface area contributed by atoms with Crippen LogP contribution in [-0.2, 0) is 4.79 Å². The fourth-order valence-electron chi connectivity index (χ4n) is 2.65. The Bertz CT molecular complexity index is 208. The van der Waals surface area contributed by atoms with E-state index in [-0.39, 0.29) is 6.04 Å². The van der Waals surface area contributed by atoms with E-state index in [0.29, 0.717) is 12.0 Å². The van der Waals surface area contributed by atoms with Gasteiger partial charge in [0.15, 0.2) is 0 Å². The number of rotatable bonds is 6. The van der Waals surface area contributed by atoms with Crippen LogP contribution >= 0.6 is 0 Å². The lowest BCUT2D eigenvalue weighted by molar-refractivity contribution is -0.141. The molecule has 0 spiro atoms. The van der Waals surface area contributed by atoms with Crippen LogP contribution in [-0.4, -0.2) is 23.2 Å². The highest BCUT2D eigenvalue weighted by Gasteiger charge is 2.30. The molecule has 94 valence electrons. The maximum absolute atomic E-state index is 11.3. The molecule has 0 aromatic heterocycles. The molecule has 16 heavy (non-hydrogen) atoms. The van der Waals surface area contributed by atoms with Crippen molar-refractivity contribution in [3.63, 3.8) is 0 Å². The first-order valence-electron chi connectivity index (χ1n) is 6.67. The highest BCUT2D eigenvalue weighted by Crippen LogP contribution is 2.27. The topological polar surface area (TPSA) is 49.3 Å². The minimum Gasteiger partial charge on any atom is -0.480 e. The van der Waals surface area contributed by atoms with Crippen molar-refractivity contribution in [3.05, 3.63) is 0 Å². The average Bonchev–Trinajstić information content (AvgIpc) is 2.31. The maximum Gasteiger partial charge on any atom is 0.320 e. The van der Waals surface area contributed by atoms with Crippen molar-refractivity contribution < 1.29 is 9.90 Å². The summed E-state index contributed by atoms with van der Waals surface area (Å²) in [5.74, 6) is -0.328. The average molecular weight is 227 g/mol. The number of carbonyl (C=O) groups is 1. The molecule has 0 amide bonds. The van der Waals surface area contributed by atoms with Gasteiger partial charge in [-0.15, -0.1) is 0 Å². The van der Waals surface area contributed by atoms with Crippen LogP contribution in [0.15, 0.2) is 0 Å². The van der Waals surface area contributed by atoms with Gasteiger partial charge < -0.3 is 10.4 Å². The summed E-state index contributed by atoms with van der Waals surface area (Å²) in [6, 6.07) is 0.0215. The molecule has 1 fully saturated rings. The van der Waals surface area contributed by atoms with Gasteiger partial charge in [-0.1, -0.05) is 33.1 Å². The van der Waals surface area contributed by atoms with Crippen LogP contribution in [0.3, 0.4) is 0 Å². The van der Waals surface area contributed by atoms with E-state index in [0.717, 1.165) is 25.7 Å². The van der Waals surface area contributed by atoms with Crippen molar-refractivity contribution in [1.82, 2.24) is 5.32 Å². The first-order chi connectivity index (χ1) is 7.69. The van der Waals surface area contributed by atoms with Crippen LogP contribution in [0.4, 0.5) is 0 Å². The highest BCUT2D eigenvalue weighted by molar-refractivity contribution is 5.74. The maximum atomic E-state index is 11.3. The van der Waals surface area contributed by atoms with Gasteiger partial charge in [0.1, 0.15) is 6.04 Å². The zero-order valence-electron chi connectivity index (χ0n) is 10.5. The Morgan fingerprint density at radius 3 is 2.25 bits per heavy atom. The summed E-state index contributed by atoms with van der Waals surface area (Å²) in [6.45, 7) is 4.22. The Labute approximate surface area is 98.6 Å². The second-order valence-electron chi connectivity index (χ2n) is 4.89. The van der Waals surface area contributed by atoms with Crippen LogP contribution in [0.2, 0.25) is 0 Å². The minimum atomic E-state index is -0.668. The molecule has 3 heteroatoms. The normalized spacial score (nSPS) is 19.9. The third kappa shape index (κ3) is 3.78. The second kappa shape index (κ2) is 6.89. The molecule has 0 aromatic carbocycles. The third-order valence-corrected chi connectivity index (χ3v) is 3.79. The third-order valence-electron chi connectivity index (χ3n) is 3.79. The van der Waals surface area contributed by atoms with Crippen LogP contribution in [0, 0.1) is 5.92 Å². The van der Waals surface area contributed by atoms with Gasteiger partial charge in [-0.3, -0.25) is 4.79 Å². The van der Waals surface area contributed by atoms with E-state index in [1.54, 1.807) is 0 Å². The van der Waals surface area contributed by atoms with Crippen molar-refractivity contribution >= 4 is 5.97 Å².